The molecule has 0 rings (SSSR count). The Hall–Kier alpha value is -1.26. The van der Waals surface area contributed by atoms with Crippen molar-refractivity contribution in [1.82, 2.24) is 10.2 Å². The highest BCUT2D eigenvalue weighted by Gasteiger charge is 2.06. The van der Waals surface area contributed by atoms with Gasteiger partial charge in [-0.2, -0.15) is 0 Å². The molecular weight excluding hydrogens is 220 g/mol. The number of unbranched alkanes of at least 4 members (excludes halogenated alkanes) is 2. The molecule has 100 valence electrons. The smallest absolute Gasteiger partial charge is 0.317 e. The number of nitrogens with one attached hydrogen (secondary N) is 1. The SMILES string of the molecule is CCCCN(C)C(=O)NCCCCC(=O)OC. The predicted molar refractivity (Wildman–Crippen MR) is 66.8 cm³/mol. The van der Waals surface area contributed by atoms with E-state index >= 15 is 0 Å². The Morgan fingerprint density at radius 1 is 1.24 bits per heavy atom. The number of urea groups is 1. The molecule has 0 spiro atoms. The summed E-state index contributed by atoms with van der Waals surface area (Å²) in [5, 5.41) is 2.82. The molecule has 0 aliphatic carbocycles. The number of hydrogen-bond donors (Lipinski definition) is 1. The number of carbonyl (C=O) groups is 2. The summed E-state index contributed by atoms with van der Waals surface area (Å²) in [7, 11) is 3.17. The monoisotopic (exact) mass is 244 g/mol. The summed E-state index contributed by atoms with van der Waals surface area (Å²) in [6.45, 7) is 3.48. The number of esters is 1. The Morgan fingerprint density at radius 2 is 1.94 bits per heavy atom. The first kappa shape index (κ1) is 15.7. The van der Waals surface area contributed by atoms with Gasteiger partial charge in [0.2, 0.25) is 0 Å². The molecule has 0 saturated carbocycles. The van der Waals surface area contributed by atoms with Gasteiger partial charge in [0.05, 0.1) is 7.11 Å². The van der Waals surface area contributed by atoms with Gasteiger partial charge < -0.3 is 15.0 Å². The highest BCUT2D eigenvalue weighted by molar-refractivity contribution is 5.73. The van der Waals surface area contributed by atoms with Crippen molar-refractivity contribution in [1.29, 1.82) is 0 Å². The van der Waals surface area contributed by atoms with Crippen molar-refractivity contribution in [3.8, 4) is 0 Å². The topological polar surface area (TPSA) is 58.6 Å². The third-order valence-electron chi connectivity index (χ3n) is 2.51. The number of hydrogen-bond acceptors (Lipinski definition) is 3. The van der Waals surface area contributed by atoms with Gasteiger partial charge in [0, 0.05) is 26.6 Å². The molecule has 17 heavy (non-hydrogen) atoms. The van der Waals surface area contributed by atoms with Crippen LogP contribution in [0.3, 0.4) is 0 Å². The van der Waals surface area contributed by atoms with Gasteiger partial charge in [-0.1, -0.05) is 13.3 Å². The molecule has 2 amide bonds. The van der Waals surface area contributed by atoms with Gasteiger partial charge in [0.15, 0.2) is 0 Å². The number of ether oxygens (including phenoxy) is 1. The van der Waals surface area contributed by atoms with E-state index in [-0.39, 0.29) is 12.0 Å². The molecule has 0 fully saturated rings. The van der Waals surface area contributed by atoms with Crippen LogP contribution in [-0.4, -0.2) is 44.1 Å². The van der Waals surface area contributed by atoms with Crippen molar-refractivity contribution >= 4 is 12.0 Å². The average Bonchev–Trinajstić information content (AvgIpc) is 2.34. The minimum absolute atomic E-state index is 0.0449. The lowest BCUT2D eigenvalue weighted by atomic mass is 10.2. The predicted octanol–water partition coefficient (Wildman–Crippen LogP) is 1.77. The molecule has 0 radical (unpaired) electrons. The van der Waals surface area contributed by atoms with Crippen LogP contribution >= 0.6 is 0 Å². The first-order chi connectivity index (χ1) is 8.11. The maximum absolute atomic E-state index is 11.5. The van der Waals surface area contributed by atoms with E-state index < -0.39 is 0 Å². The molecule has 5 heteroatoms. The average molecular weight is 244 g/mol. The molecule has 0 aliphatic rings. The fraction of sp³-hybridized carbons (Fsp3) is 0.833. The number of carbonyl (C=O) groups excluding carboxylic acids is 2. The summed E-state index contributed by atoms with van der Waals surface area (Å²) in [5.41, 5.74) is 0. The summed E-state index contributed by atoms with van der Waals surface area (Å²) in [6, 6.07) is -0.0449. The molecule has 0 aromatic heterocycles. The van der Waals surface area contributed by atoms with Crippen LogP contribution in [0.15, 0.2) is 0 Å². The van der Waals surface area contributed by atoms with Gasteiger partial charge >= 0.3 is 12.0 Å². The van der Waals surface area contributed by atoms with E-state index in [2.05, 4.69) is 17.0 Å². The standard InChI is InChI=1S/C12H24N2O3/c1-4-5-10-14(2)12(16)13-9-7-6-8-11(15)17-3/h4-10H2,1-3H3,(H,13,16). The summed E-state index contributed by atoms with van der Waals surface area (Å²) in [4.78, 5) is 24.0. The van der Waals surface area contributed by atoms with Crippen LogP contribution < -0.4 is 5.32 Å². The number of amides is 2. The quantitative estimate of drug-likeness (QED) is 0.523. The molecule has 0 aromatic carbocycles. The van der Waals surface area contributed by atoms with Gasteiger partial charge in [-0.15, -0.1) is 0 Å². The third-order valence-corrected chi connectivity index (χ3v) is 2.51. The molecule has 0 bridgehead atoms. The minimum atomic E-state index is -0.198. The first-order valence-corrected chi connectivity index (χ1v) is 6.17. The Morgan fingerprint density at radius 3 is 2.53 bits per heavy atom. The number of rotatable bonds is 8. The highest BCUT2D eigenvalue weighted by atomic mass is 16.5. The van der Waals surface area contributed by atoms with Crippen molar-refractivity contribution < 1.29 is 14.3 Å². The van der Waals surface area contributed by atoms with Gasteiger partial charge in [-0.05, 0) is 19.3 Å². The van der Waals surface area contributed by atoms with Gasteiger partial charge in [0.1, 0.15) is 0 Å². The second-order valence-corrected chi connectivity index (χ2v) is 4.04. The highest BCUT2D eigenvalue weighted by Crippen LogP contribution is 1.97. The zero-order valence-corrected chi connectivity index (χ0v) is 11.1. The summed E-state index contributed by atoms with van der Waals surface area (Å²) < 4.78 is 4.53. The van der Waals surface area contributed by atoms with Crippen LogP contribution in [0.1, 0.15) is 39.0 Å². The number of nitrogens with zero attached hydrogens (tertiary/aromatic N) is 1. The molecule has 0 saturated heterocycles. The van der Waals surface area contributed by atoms with Crippen LogP contribution in [0, 0.1) is 0 Å². The van der Waals surface area contributed by atoms with Gasteiger partial charge in [0.25, 0.3) is 0 Å². The molecule has 0 atom stereocenters. The van der Waals surface area contributed by atoms with E-state index in [1.807, 2.05) is 0 Å². The summed E-state index contributed by atoms with van der Waals surface area (Å²) in [5.74, 6) is -0.198. The largest absolute Gasteiger partial charge is 0.469 e. The Labute approximate surface area is 103 Å². The lowest BCUT2D eigenvalue weighted by molar-refractivity contribution is -0.140. The van der Waals surface area contributed by atoms with Crippen molar-refractivity contribution in [2.24, 2.45) is 0 Å². The van der Waals surface area contributed by atoms with Crippen molar-refractivity contribution in [3.05, 3.63) is 0 Å². The van der Waals surface area contributed by atoms with E-state index in [1.165, 1.54) is 7.11 Å². The molecule has 0 aliphatic heterocycles. The molecule has 0 unspecified atom stereocenters. The summed E-state index contributed by atoms with van der Waals surface area (Å²) >= 11 is 0. The Balaban J connectivity index is 3.47. The van der Waals surface area contributed by atoms with E-state index in [0.29, 0.717) is 13.0 Å². The van der Waals surface area contributed by atoms with Gasteiger partial charge in [-0.25, -0.2) is 4.79 Å². The Kier molecular flexibility index (Phi) is 9.19. The molecular formula is C12H24N2O3. The first-order valence-electron chi connectivity index (χ1n) is 6.17. The van der Waals surface area contributed by atoms with Crippen molar-refractivity contribution in [3.63, 3.8) is 0 Å². The van der Waals surface area contributed by atoms with Crippen LogP contribution in [0.4, 0.5) is 4.79 Å². The van der Waals surface area contributed by atoms with Gasteiger partial charge in [-0.3, -0.25) is 4.79 Å². The maximum Gasteiger partial charge on any atom is 0.317 e. The van der Waals surface area contributed by atoms with E-state index in [1.54, 1.807) is 11.9 Å². The Bertz CT molecular complexity index is 232. The maximum atomic E-state index is 11.5. The zero-order chi connectivity index (χ0) is 13.1. The van der Waals surface area contributed by atoms with Crippen LogP contribution in [0.2, 0.25) is 0 Å². The van der Waals surface area contributed by atoms with Crippen LogP contribution in [-0.2, 0) is 9.53 Å². The second kappa shape index (κ2) is 9.93. The van der Waals surface area contributed by atoms with Crippen molar-refractivity contribution in [2.45, 2.75) is 39.0 Å². The second-order valence-electron chi connectivity index (χ2n) is 4.04. The lowest BCUT2D eigenvalue weighted by Crippen LogP contribution is -2.38. The fourth-order valence-corrected chi connectivity index (χ4v) is 1.32. The van der Waals surface area contributed by atoms with E-state index in [0.717, 1.165) is 32.2 Å². The molecule has 1 N–H and O–H groups in total. The lowest BCUT2D eigenvalue weighted by Gasteiger charge is -2.17. The molecule has 0 aromatic rings. The number of methoxy groups -OCH3 is 1. The fourth-order valence-electron chi connectivity index (χ4n) is 1.32. The molecule has 0 heterocycles. The van der Waals surface area contributed by atoms with E-state index in [4.69, 9.17) is 0 Å². The summed E-state index contributed by atoms with van der Waals surface area (Å²) in [6.07, 6.45) is 4.05. The zero-order valence-electron chi connectivity index (χ0n) is 11.1. The van der Waals surface area contributed by atoms with Crippen molar-refractivity contribution in [2.75, 3.05) is 27.2 Å². The normalized spacial score (nSPS) is 9.82. The molecule has 5 nitrogen and oxygen atoms in total. The van der Waals surface area contributed by atoms with Crippen LogP contribution in [0.5, 0.6) is 0 Å². The van der Waals surface area contributed by atoms with Crippen LogP contribution in [0.25, 0.3) is 0 Å². The third kappa shape index (κ3) is 8.54. The van der Waals surface area contributed by atoms with E-state index in [9.17, 15) is 9.59 Å². The minimum Gasteiger partial charge on any atom is -0.469 e.